The fraction of sp³-hybridized carbons (Fsp3) is 0.500. The molecule has 2 atom stereocenters. The molecule has 1 aromatic rings. The second-order valence-electron chi connectivity index (χ2n) is 4.17. The summed E-state index contributed by atoms with van der Waals surface area (Å²) in [4.78, 5) is 15.6. The minimum atomic E-state index is -0.523. The number of ether oxygens (including phenoxy) is 1. The number of hydrogen-bond donors (Lipinski definition) is 1. The fourth-order valence-corrected chi connectivity index (χ4v) is 1.97. The van der Waals surface area contributed by atoms with Crippen LogP contribution in [0.25, 0.3) is 0 Å². The van der Waals surface area contributed by atoms with E-state index >= 15 is 0 Å². The smallest absolute Gasteiger partial charge is 0.230 e. The van der Waals surface area contributed by atoms with Crippen molar-refractivity contribution < 1.29 is 13.9 Å². The van der Waals surface area contributed by atoms with E-state index < -0.39 is 5.82 Å². The molecule has 0 aliphatic carbocycles. The first-order valence-corrected chi connectivity index (χ1v) is 5.70. The fourth-order valence-electron chi connectivity index (χ4n) is 1.97. The van der Waals surface area contributed by atoms with Crippen molar-refractivity contribution in [3.05, 3.63) is 24.3 Å². The molecule has 92 valence electrons. The summed E-state index contributed by atoms with van der Waals surface area (Å²) in [5, 5.41) is 2.58. The van der Waals surface area contributed by atoms with Crippen molar-refractivity contribution in [2.24, 2.45) is 5.92 Å². The molecule has 2 rings (SSSR count). The lowest BCUT2D eigenvalue weighted by molar-refractivity contribution is -0.127. The maximum Gasteiger partial charge on any atom is 0.230 e. The molecule has 1 N–H and O–H groups in total. The lowest BCUT2D eigenvalue weighted by Gasteiger charge is -2.28. The van der Waals surface area contributed by atoms with E-state index in [1.54, 1.807) is 0 Å². The van der Waals surface area contributed by atoms with Crippen molar-refractivity contribution in [1.82, 2.24) is 4.98 Å². The monoisotopic (exact) mass is 238 g/mol. The Bertz CT molecular complexity index is 411. The van der Waals surface area contributed by atoms with Gasteiger partial charge in [0.2, 0.25) is 5.91 Å². The van der Waals surface area contributed by atoms with Crippen molar-refractivity contribution in [3.8, 4) is 0 Å². The number of pyridine rings is 1. The summed E-state index contributed by atoms with van der Waals surface area (Å²) < 4.78 is 18.7. The van der Waals surface area contributed by atoms with E-state index in [4.69, 9.17) is 4.74 Å². The van der Waals surface area contributed by atoms with E-state index in [1.807, 2.05) is 6.92 Å². The lowest BCUT2D eigenvalue weighted by atomic mass is 9.94. The van der Waals surface area contributed by atoms with E-state index in [-0.39, 0.29) is 23.6 Å². The highest BCUT2D eigenvalue weighted by molar-refractivity contribution is 5.93. The van der Waals surface area contributed by atoms with Crippen LogP contribution in [0.5, 0.6) is 0 Å². The van der Waals surface area contributed by atoms with Crippen LogP contribution in [0.3, 0.4) is 0 Å². The lowest BCUT2D eigenvalue weighted by Crippen LogP contribution is -2.36. The molecule has 1 aromatic heterocycles. The van der Waals surface area contributed by atoms with E-state index in [0.29, 0.717) is 6.61 Å². The Labute approximate surface area is 99.2 Å². The van der Waals surface area contributed by atoms with Crippen LogP contribution < -0.4 is 5.32 Å². The molecule has 1 aliphatic rings. The van der Waals surface area contributed by atoms with Gasteiger partial charge in [-0.25, -0.2) is 4.39 Å². The van der Waals surface area contributed by atoms with E-state index in [0.717, 1.165) is 19.0 Å². The van der Waals surface area contributed by atoms with Gasteiger partial charge in [0.1, 0.15) is 0 Å². The predicted molar refractivity (Wildman–Crippen MR) is 61.0 cm³/mol. The Kier molecular flexibility index (Phi) is 3.68. The number of carbonyl (C=O) groups excluding carboxylic acids is 1. The van der Waals surface area contributed by atoms with Gasteiger partial charge in [-0.05, 0) is 25.8 Å². The quantitative estimate of drug-likeness (QED) is 0.857. The molecule has 2 heterocycles. The molecule has 0 bridgehead atoms. The molecule has 5 heteroatoms. The summed E-state index contributed by atoms with van der Waals surface area (Å²) in [6.45, 7) is 2.56. The van der Waals surface area contributed by atoms with Crippen molar-refractivity contribution in [2.75, 3.05) is 11.9 Å². The van der Waals surface area contributed by atoms with Crippen LogP contribution in [-0.4, -0.2) is 23.6 Å². The molecule has 0 spiro atoms. The summed E-state index contributed by atoms with van der Waals surface area (Å²) in [6, 6.07) is 1.45. The zero-order valence-corrected chi connectivity index (χ0v) is 9.65. The Hall–Kier alpha value is -1.49. The molecule has 17 heavy (non-hydrogen) atoms. The minimum Gasteiger partial charge on any atom is -0.378 e. The van der Waals surface area contributed by atoms with Crippen molar-refractivity contribution in [2.45, 2.75) is 25.9 Å². The van der Waals surface area contributed by atoms with E-state index in [1.165, 1.54) is 12.3 Å². The first-order chi connectivity index (χ1) is 8.18. The van der Waals surface area contributed by atoms with Gasteiger partial charge >= 0.3 is 0 Å². The van der Waals surface area contributed by atoms with E-state index in [9.17, 15) is 9.18 Å². The molecule has 0 aromatic carbocycles. The number of hydrogen-bond acceptors (Lipinski definition) is 3. The summed E-state index contributed by atoms with van der Waals surface area (Å²) in [6.07, 6.45) is 4.05. The number of carbonyl (C=O) groups is 1. The van der Waals surface area contributed by atoms with Crippen LogP contribution in [-0.2, 0) is 9.53 Å². The number of nitrogens with one attached hydrogen (secondary N) is 1. The van der Waals surface area contributed by atoms with Gasteiger partial charge in [0.15, 0.2) is 5.82 Å². The topological polar surface area (TPSA) is 51.2 Å². The van der Waals surface area contributed by atoms with Crippen LogP contribution in [0, 0.1) is 11.7 Å². The molecular weight excluding hydrogens is 223 g/mol. The SMILES string of the molecule is C[C@@H]1OCCC[C@@H]1C(=O)Nc1ccncc1F. The van der Waals surface area contributed by atoms with Crippen LogP contribution >= 0.6 is 0 Å². The Morgan fingerprint density at radius 2 is 2.47 bits per heavy atom. The Balaban J connectivity index is 2.03. The normalized spacial score (nSPS) is 24.4. The number of aromatic nitrogens is 1. The van der Waals surface area contributed by atoms with Crippen LogP contribution in [0.2, 0.25) is 0 Å². The molecule has 1 aliphatic heterocycles. The minimum absolute atomic E-state index is 0.117. The van der Waals surface area contributed by atoms with Gasteiger partial charge < -0.3 is 10.1 Å². The largest absolute Gasteiger partial charge is 0.378 e. The number of amides is 1. The maximum atomic E-state index is 13.3. The van der Waals surface area contributed by atoms with Gasteiger partial charge in [0, 0.05) is 12.8 Å². The van der Waals surface area contributed by atoms with Gasteiger partial charge in [0.05, 0.1) is 23.9 Å². The number of nitrogens with zero attached hydrogens (tertiary/aromatic N) is 1. The highest BCUT2D eigenvalue weighted by atomic mass is 19.1. The number of anilines is 1. The Morgan fingerprint density at radius 3 is 3.18 bits per heavy atom. The first-order valence-electron chi connectivity index (χ1n) is 5.70. The van der Waals surface area contributed by atoms with Gasteiger partial charge in [-0.3, -0.25) is 9.78 Å². The van der Waals surface area contributed by atoms with Gasteiger partial charge in [-0.15, -0.1) is 0 Å². The summed E-state index contributed by atoms with van der Waals surface area (Å²) >= 11 is 0. The number of halogens is 1. The molecule has 1 fully saturated rings. The van der Waals surface area contributed by atoms with Crippen LogP contribution in [0.15, 0.2) is 18.5 Å². The highest BCUT2D eigenvalue weighted by Gasteiger charge is 2.28. The number of rotatable bonds is 2. The van der Waals surface area contributed by atoms with Crippen LogP contribution in [0.4, 0.5) is 10.1 Å². The van der Waals surface area contributed by atoms with Gasteiger partial charge in [-0.1, -0.05) is 0 Å². The summed E-state index contributed by atoms with van der Waals surface area (Å²) in [7, 11) is 0. The zero-order valence-electron chi connectivity index (χ0n) is 9.65. The molecule has 0 radical (unpaired) electrons. The highest BCUT2D eigenvalue weighted by Crippen LogP contribution is 2.22. The second-order valence-corrected chi connectivity index (χ2v) is 4.17. The summed E-state index contributed by atoms with van der Waals surface area (Å²) in [5.41, 5.74) is 0.169. The average Bonchev–Trinajstić information content (AvgIpc) is 2.32. The molecular formula is C12H15FN2O2. The molecule has 0 unspecified atom stereocenters. The molecule has 1 saturated heterocycles. The van der Waals surface area contributed by atoms with Crippen molar-refractivity contribution in [1.29, 1.82) is 0 Å². The third-order valence-electron chi connectivity index (χ3n) is 2.97. The predicted octanol–water partition coefficient (Wildman–Crippen LogP) is 1.97. The van der Waals surface area contributed by atoms with Crippen LogP contribution in [0.1, 0.15) is 19.8 Å². The third kappa shape index (κ3) is 2.79. The second kappa shape index (κ2) is 5.23. The van der Waals surface area contributed by atoms with Crippen molar-refractivity contribution in [3.63, 3.8) is 0 Å². The third-order valence-corrected chi connectivity index (χ3v) is 2.97. The maximum absolute atomic E-state index is 13.3. The van der Waals surface area contributed by atoms with Crippen molar-refractivity contribution >= 4 is 11.6 Å². The average molecular weight is 238 g/mol. The zero-order chi connectivity index (χ0) is 12.3. The standard InChI is InChI=1S/C12H15FN2O2/c1-8-9(3-2-6-17-8)12(16)15-11-4-5-14-7-10(11)13/h4-5,7-9H,2-3,6H2,1H3,(H,14,15,16)/t8-,9-/m0/s1. The first kappa shape index (κ1) is 12.0. The van der Waals surface area contributed by atoms with Gasteiger partial charge in [-0.2, -0.15) is 0 Å². The van der Waals surface area contributed by atoms with E-state index in [2.05, 4.69) is 10.3 Å². The Morgan fingerprint density at radius 1 is 1.65 bits per heavy atom. The molecule has 4 nitrogen and oxygen atoms in total. The molecule has 0 saturated carbocycles. The summed E-state index contributed by atoms with van der Waals surface area (Å²) in [5.74, 6) is -0.927. The molecule has 1 amide bonds. The van der Waals surface area contributed by atoms with Gasteiger partial charge in [0.25, 0.3) is 0 Å².